The number of carbonyl (C=O) groups is 1. The van der Waals surface area contributed by atoms with Crippen LogP contribution < -0.4 is 10.3 Å². The normalized spacial score (nSPS) is 23.9. The highest BCUT2D eigenvalue weighted by atomic mass is 19.1. The smallest absolute Gasteiger partial charge is 0.341 e. The van der Waals surface area contributed by atoms with Crippen molar-refractivity contribution in [2.75, 3.05) is 25.0 Å². The van der Waals surface area contributed by atoms with Crippen LogP contribution in [0.3, 0.4) is 0 Å². The standard InChI is InChI=1S/C21H21F2N3O3/c1-3-13-15-18(26(10-4-5-10)9-14(20(15)27)21(28)29)17(23)19(16(13)22)25-8-11-6-12(25)7-24(11)2/h3,9-12H,1,4-8H2,2H3,(H,28,29). The van der Waals surface area contributed by atoms with Crippen LogP contribution in [0.2, 0.25) is 0 Å². The first kappa shape index (κ1) is 18.3. The number of carboxylic acid groups (broad SMARTS) is 1. The van der Waals surface area contributed by atoms with Crippen molar-refractivity contribution in [1.29, 1.82) is 0 Å². The van der Waals surface area contributed by atoms with Crippen LogP contribution in [-0.2, 0) is 0 Å². The molecule has 2 saturated heterocycles. The lowest BCUT2D eigenvalue weighted by atomic mass is 10.0. The molecule has 1 aliphatic carbocycles. The summed E-state index contributed by atoms with van der Waals surface area (Å²) in [5.74, 6) is -3.05. The van der Waals surface area contributed by atoms with E-state index in [1.54, 1.807) is 4.90 Å². The van der Waals surface area contributed by atoms with Gasteiger partial charge in [0.05, 0.1) is 10.9 Å². The zero-order valence-electron chi connectivity index (χ0n) is 16.0. The quantitative estimate of drug-likeness (QED) is 0.854. The number of hydrogen-bond acceptors (Lipinski definition) is 4. The maximum atomic E-state index is 15.8. The second-order valence-corrected chi connectivity index (χ2v) is 8.27. The summed E-state index contributed by atoms with van der Waals surface area (Å²) >= 11 is 0. The molecule has 1 saturated carbocycles. The van der Waals surface area contributed by atoms with E-state index >= 15 is 8.78 Å². The van der Waals surface area contributed by atoms with Gasteiger partial charge < -0.3 is 14.6 Å². The van der Waals surface area contributed by atoms with Crippen LogP contribution in [0.1, 0.15) is 41.2 Å². The van der Waals surface area contributed by atoms with Gasteiger partial charge in [-0.3, -0.25) is 9.69 Å². The van der Waals surface area contributed by atoms with Crippen LogP contribution in [0, 0.1) is 11.6 Å². The molecule has 8 heteroatoms. The number of aromatic carboxylic acids is 1. The van der Waals surface area contributed by atoms with Gasteiger partial charge in [-0.2, -0.15) is 0 Å². The van der Waals surface area contributed by atoms with Crippen molar-refractivity contribution in [3.63, 3.8) is 0 Å². The summed E-state index contributed by atoms with van der Waals surface area (Å²) in [6.45, 7) is 4.85. The van der Waals surface area contributed by atoms with Gasteiger partial charge in [0.2, 0.25) is 5.43 Å². The summed E-state index contributed by atoms with van der Waals surface area (Å²) in [6.07, 6.45) is 4.74. The Morgan fingerprint density at radius 3 is 2.45 bits per heavy atom. The molecule has 29 heavy (non-hydrogen) atoms. The van der Waals surface area contributed by atoms with Crippen molar-refractivity contribution in [2.24, 2.45) is 0 Å². The summed E-state index contributed by atoms with van der Waals surface area (Å²) in [5, 5.41) is 9.19. The molecule has 1 N–H and O–H groups in total. The van der Waals surface area contributed by atoms with Gasteiger partial charge in [-0.1, -0.05) is 12.7 Å². The first-order chi connectivity index (χ1) is 13.8. The number of halogens is 2. The highest BCUT2D eigenvalue weighted by Gasteiger charge is 2.44. The third kappa shape index (κ3) is 2.48. The van der Waals surface area contributed by atoms with Gasteiger partial charge >= 0.3 is 5.97 Å². The van der Waals surface area contributed by atoms with Gasteiger partial charge in [-0.05, 0) is 26.3 Å². The fraction of sp³-hybridized carbons (Fsp3) is 0.429. The predicted octanol–water partition coefficient (Wildman–Crippen LogP) is 2.85. The first-order valence-corrected chi connectivity index (χ1v) is 9.75. The van der Waals surface area contributed by atoms with Crippen molar-refractivity contribution in [2.45, 2.75) is 37.4 Å². The molecule has 0 amide bonds. The first-order valence-electron chi connectivity index (χ1n) is 9.75. The van der Waals surface area contributed by atoms with Crippen LogP contribution in [0.5, 0.6) is 0 Å². The number of nitrogens with zero attached hydrogens (tertiary/aromatic N) is 3. The molecule has 152 valence electrons. The third-order valence-electron chi connectivity index (χ3n) is 6.54. The number of aromatic nitrogens is 1. The minimum absolute atomic E-state index is 0.00325. The van der Waals surface area contributed by atoms with Crippen molar-refractivity contribution in [3.8, 4) is 0 Å². The van der Waals surface area contributed by atoms with Gasteiger partial charge in [0, 0.05) is 43.0 Å². The Labute approximate surface area is 165 Å². The van der Waals surface area contributed by atoms with Gasteiger partial charge in [0.25, 0.3) is 0 Å². The topological polar surface area (TPSA) is 65.8 Å². The van der Waals surface area contributed by atoms with Crippen molar-refractivity contribution in [3.05, 3.63) is 45.8 Å². The van der Waals surface area contributed by atoms with Gasteiger partial charge in [-0.25, -0.2) is 13.6 Å². The summed E-state index contributed by atoms with van der Waals surface area (Å²) < 4.78 is 32.9. The molecule has 5 rings (SSSR count). The van der Waals surface area contributed by atoms with E-state index in [9.17, 15) is 14.7 Å². The largest absolute Gasteiger partial charge is 0.477 e. The molecular formula is C21H21F2N3O3. The Balaban J connectivity index is 1.85. The maximum Gasteiger partial charge on any atom is 0.341 e. The number of likely N-dealkylation sites (tertiary alicyclic amines) is 1. The van der Waals surface area contributed by atoms with Gasteiger partial charge in [0.1, 0.15) is 11.3 Å². The Morgan fingerprint density at radius 1 is 1.21 bits per heavy atom. The molecule has 2 bridgehead atoms. The minimum Gasteiger partial charge on any atom is -0.477 e. The van der Waals surface area contributed by atoms with Crippen LogP contribution >= 0.6 is 0 Å². The molecular weight excluding hydrogens is 380 g/mol. The number of piperazine rings is 1. The van der Waals surface area contributed by atoms with Crippen molar-refractivity contribution >= 4 is 28.6 Å². The molecule has 2 atom stereocenters. The lowest BCUT2D eigenvalue weighted by Crippen LogP contribution is -2.45. The molecule has 3 aliphatic rings. The minimum atomic E-state index is -1.41. The average Bonchev–Trinajstić information content (AvgIpc) is 3.35. The molecule has 2 unspecified atom stereocenters. The number of pyridine rings is 1. The SMILES string of the molecule is C=Cc1c(F)c(N2CC3CC2CN3C)c(F)c2c1c(=O)c(C(=O)O)cn2C1CC1. The second-order valence-electron chi connectivity index (χ2n) is 8.27. The number of carboxylic acids is 1. The Morgan fingerprint density at radius 2 is 1.93 bits per heavy atom. The van der Waals surface area contributed by atoms with Crippen molar-refractivity contribution < 1.29 is 18.7 Å². The molecule has 1 aromatic carbocycles. The average molecular weight is 401 g/mol. The lowest BCUT2D eigenvalue weighted by molar-refractivity contribution is 0.0695. The maximum absolute atomic E-state index is 15.8. The molecule has 6 nitrogen and oxygen atoms in total. The molecule has 2 aromatic rings. The molecule has 1 aromatic heterocycles. The number of anilines is 1. The van der Waals surface area contributed by atoms with E-state index in [1.807, 2.05) is 7.05 Å². The third-order valence-corrected chi connectivity index (χ3v) is 6.54. The monoisotopic (exact) mass is 401 g/mol. The fourth-order valence-corrected chi connectivity index (χ4v) is 4.93. The number of likely N-dealkylation sites (N-methyl/N-ethyl adjacent to an activating group) is 1. The fourth-order valence-electron chi connectivity index (χ4n) is 4.93. The Bertz CT molecular complexity index is 1140. The van der Waals surface area contributed by atoms with Gasteiger partial charge in [0.15, 0.2) is 11.6 Å². The van der Waals surface area contributed by atoms with E-state index in [-0.39, 0.29) is 40.3 Å². The number of rotatable bonds is 4. The number of hydrogen-bond donors (Lipinski definition) is 1. The predicted molar refractivity (Wildman–Crippen MR) is 106 cm³/mol. The van der Waals surface area contributed by atoms with E-state index in [0.29, 0.717) is 6.54 Å². The van der Waals surface area contributed by atoms with E-state index in [4.69, 9.17) is 0 Å². The molecule has 3 fully saturated rings. The number of fused-ring (bicyclic) bond motifs is 3. The molecule has 2 aliphatic heterocycles. The Hall–Kier alpha value is -2.74. The summed E-state index contributed by atoms with van der Waals surface area (Å²) in [7, 11) is 2.00. The van der Waals surface area contributed by atoms with Crippen LogP contribution in [0.15, 0.2) is 17.6 Å². The van der Waals surface area contributed by atoms with E-state index in [1.165, 1.54) is 16.8 Å². The lowest BCUT2D eigenvalue weighted by Gasteiger charge is -2.34. The van der Waals surface area contributed by atoms with E-state index < -0.39 is 28.6 Å². The highest BCUT2D eigenvalue weighted by molar-refractivity contribution is 5.98. The van der Waals surface area contributed by atoms with Crippen molar-refractivity contribution in [1.82, 2.24) is 9.47 Å². The van der Waals surface area contributed by atoms with Crippen LogP contribution in [0.25, 0.3) is 17.0 Å². The molecule has 0 radical (unpaired) electrons. The summed E-state index contributed by atoms with van der Waals surface area (Å²) in [4.78, 5) is 28.4. The Kier molecular flexibility index (Phi) is 3.87. The molecule has 0 spiro atoms. The van der Waals surface area contributed by atoms with Gasteiger partial charge in [-0.15, -0.1) is 0 Å². The van der Waals surface area contributed by atoms with Crippen LogP contribution in [0.4, 0.5) is 14.5 Å². The van der Waals surface area contributed by atoms with Crippen LogP contribution in [-0.4, -0.2) is 52.8 Å². The molecule has 3 heterocycles. The number of benzene rings is 1. The van der Waals surface area contributed by atoms with E-state index in [0.717, 1.165) is 25.8 Å². The second kappa shape index (κ2) is 6.13. The summed E-state index contributed by atoms with van der Waals surface area (Å²) in [5.41, 5.74) is -1.66. The van der Waals surface area contributed by atoms with E-state index in [2.05, 4.69) is 11.5 Å². The zero-order valence-corrected chi connectivity index (χ0v) is 16.0. The zero-order chi connectivity index (χ0) is 20.6. The highest BCUT2D eigenvalue weighted by Crippen LogP contribution is 2.43. The summed E-state index contributed by atoms with van der Waals surface area (Å²) in [6, 6.07) is 0.146.